The molecule has 0 bridgehead atoms. The zero-order chi connectivity index (χ0) is 20.3. The zero-order valence-electron chi connectivity index (χ0n) is 10.3. The van der Waals surface area contributed by atoms with Crippen LogP contribution in [-0.4, -0.2) is 41.0 Å². The molecular formula is C8H3ClF12O3. The molecule has 3 nitrogen and oxygen atoms in total. The Morgan fingerprint density at radius 3 is 0.833 bits per heavy atom. The summed E-state index contributed by atoms with van der Waals surface area (Å²) in [6, 6.07) is 0. The summed E-state index contributed by atoms with van der Waals surface area (Å²) >= 11 is 4.13. The average Bonchev–Trinajstić information content (AvgIpc) is 2.03. The van der Waals surface area contributed by atoms with Crippen molar-refractivity contribution in [3.05, 3.63) is 0 Å². The number of hydrogen-bond acceptors (Lipinski definition) is 2. The van der Waals surface area contributed by atoms with Gasteiger partial charge in [0, 0.05) is 0 Å². The van der Waals surface area contributed by atoms with Gasteiger partial charge in [-0.1, -0.05) is 0 Å². The highest BCUT2D eigenvalue weighted by molar-refractivity contribution is 6.64. The summed E-state index contributed by atoms with van der Waals surface area (Å²) in [4.78, 5) is 19.3. The van der Waals surface area contributed by atoms with Crippen LogP contribution in [0.4, 0.5) is 52.7 Å². The number of carboxylic acids is 1. The quantitative estimate of drug-likeness (QED) is 0.545. The number of hydrogen-bond donors (Lipinski definition) is 1. The normalized spacial score (nSPS) is 13.6. The molecule has 0 fully saturated rings. The minimum Gasteiger partial charge on any atom is -0.481 e. The molecule has 0 aliphatic rings. The highest BCUT2D eigenvalue weighted by Gasteiger charge is 2.62. The maximum Gasteiger partial charge on any atom is 0.411 e. The van der Waals surface area contributed by atoms with Gasteiger partial charge in [0.1, 0.15) is 0 Å². The van der Waals surface area contributed by atoms with Crippen LogP contribution < -0.4 is 0 Å². The summed E-state index contributed by atoms with van der Waals surface area (Å²) in [5.74, 6) is -11.3. The van der Waals surface area contributed by atoms with Crippen molar-refractivity contribution in [2.75, 3.05) is 0 Å². The van der Waals surface area contributed by atoms with E-state index in [-0.39, 0.29) is 0 Å². The largest absolute Gasteiger partial charge is 0.481 e. The lowest BCUT2D eigenvalue weighted by atomic mass is 10.1. The fraction of sp³-hybridized carbons (Fsp3) is 0.750. The number of alkyl halides is 12. The van der Waals surface area contributed by atoms with Gasteiger partial charge >= 0.3 is 30.7 Å². The van der Waals surface area contributed by atoms with Crippen molar-refractivity contribution in [1.29, 1.82) is 0 Å². The molecule has 0 radical (unpaired) electrons. The Kier molecular flexibility index (Phi) is 7.92. The first-order chi connectivity index (χ1) is 10.1. The van der Waals surface area contributed by atoms with Gasteiger partial charge in [-0.2, -0.15) is 52.7 Å². The second-order valence-electron chi connectivity index (χ2n) is 3.67. The van der Waals surface area contributed by atoms with Crippen molar-refractivity contribution in [3.8, 4) is 0 Å². The predicted octanol–water partition coefficient (Wildman–Crippen LogP) is 4.30. The van der Waals surface area contributed by atoms with Crippen LogP contribution in [0.5, 0.6) is 0 Å². The van der Waals surface area contributed by atoms with Crippen molar-refractivity contribution in [2.45, 2.75) is 24.7 Å². The van der Waals surface area contributed by atoms with E-state index in [0.717, 1.165) is 0 Å². The van der Waals surface area contributed by atoms with E-state index in [1.54, 1.807) is 0 Å². The monoisotopic (exact) mass is 410 g/mol. The van der Waals surface area contributed by atoms with E-state index in [2.05, 4.69) is 11.6 Å². The molecule has 0 atom stereocenters. The van der Waals surface area contributed by atoms with Crippen LogP contribution in [0.15, 0.2) is 0 Å². The smallest absolute Gasteiger partial charge is 0.411 e. The van der Waals surface area contributed by atoms with Gasteiger partial charge < -0.3 is 5.11 Å². The third-order valence-electron chi connectivity index (χ3n) is 1.78. The average molecular weight is 411 g/mol. The third kappa shape index (κ3) is 8.44. The molecule has 0 amide bonds. The number of halogens is 13. The first-order valence-corrected chi connectivity index (χ1v) is 5.20. The van der Waals surface area contributed by atoms with Gasteiger partial charge in [-0.15, -0.1) is 0 Å². The summed E-state index contributed by atoms with van der Waals surface area (Å²) in [5.41, 5.74) is 0. The predicted molar refractivity (Wildman–Crippen MR) is 49.7 cm³/mol. The third-order valence-corrected chi connectivity index (χ3v) is 2.00. The molecular weight excluding hydrogens is 408 g/mol. The Morgan fingerprint density at radius 2 is 0.833 bits per heavy atom. The molecule has 0 rings (SSSR count). The lowest BCUT2D eigenvalue weighted by Crippen LogP contribution is -2.42. The Balaban J connectivity index is 0. The van der Waals surface area contributed by atoms with Gasteiger partial charge in [0.15, 0.2) is 0 Å². The van der Waals surface area contributed by atoms with Crippen LogP contribution in [-0.2, 0) is 9.59 Å². The van der Waals surface area contributed by atoms with E-state index in [0.29, 0.717) is 0 Å². The minimum atomic E-state index is -5.80. The van der Waals surface area contributed by atoms with Gasteiger partial charge in [-0.3, -0.25) is 9.59 Å². The van der Waals surface area contributed by atoms with Crippen LogP contribution in [0, 0.1) is 11.8 Å². The number of carboxylic acid groups (broad SMARTS) is 1. The van der Waals surface area contributed by atoms with Crippen LogP contribution in [0.2, 0.25) is 0 Å². The lowest BCUT2D eigenvalue weighted by Gasteiger charge is -2.18. The molecule has 0 heterocycles. The number of aliphatic carboxylic acids is 1. The Hall–Kier alpha value is -1.41. The molecule has 16 heteroatoms. The molecule has 144 valence electrons. The van der Waals surface area contributed by atoms with Crippen LogP contribution in [0.3, 0.4) is 0 Å². The molecule has 0 aromatic carbocycles. The van der Waals surface area contributed by atoms with Gasteiger partial charge in [-0.25, -0.2) is 0 Å². The summed E-state index contributed by atoms with van der Waals surface area (Å²) < 4.78 is 137. The second-order valence-corrected chi connectivity index (χ2v) is 4.05. The number of carbonyl (C=O) groups is 2. The topological polar surface area (TPSA) is 54.4 Å². The number of rotatable bonds is 2. The lowest BCUT2D eigenvalue weighted by molar-refractivity contribution is -0.280. The van der Waals surface area contributed by atoms with Crippen LogP contribution >= 0.6 is 11.6 Å². The van der Waals surface area contributed by atoms with Gasteiger partial charge in [0.05, 0.1) is 0 Å². The fourth-order valence-corrected chi connectivity index (χ4v) is 1.16. The molecule has 0 aromatic rings. The zero-order valence-corrected chi connectivity index (χ0v) is 11.1. The Labute approximate surface area is 128 Å². The first-order valence-electron chi connectivity index (χ1n) is 4.82. The maximum atomic E-state index is 11.4. The van der Waals surface area contributed by atoms with E-state index < -0.39 is 47.8 Å². The molecule has 0 saturated heterocycles. The minimum absolute atomic E-state index is 2.48. The second kappa shape index (κ2) is 7.65. The van der Waals surface area contributed by atoms with E-state index in [1.807, 2.05) is 0 Å². The highest BCUT2D eigenvalue weighted by Crippen LogP contribution is 2.40. The molecule has 0 spiro atoms. The Bertz CT molecular complexity index is 375. The summed E-state index contributed by atoms with van der Waals surface area (Å²) in [5, 5.41) is 5.13. The molecule has 24 heavy (non-hydrogen) atoms. The van der Waals surface area contributed by atoms with E-state index in [1.165, 1.54) is 0 Å². The van der Waals surface area contributed by atoms with Crippen molar-refractivity contribution in [2.24, 2.45) is 11.8 Å². The molecule has 0 saturated carbocycles. The van der Waals surface area contributed by atoms with E-state index >= 15 is 0 Å². The fourth-order valence-electron chi connectivity index (χ4n) is 0.909. The summed E-state index contributed by atoms with van der Waals surface area (Å²) in [6.45, 7) is 0. The standard InChI is InChI=1S/C4HClF6O.C4H2F6O2/c5-2(12)1(3(6,7)8)4(9,10)11;5-3(6,7)1(2(11)12)4(8,9)10/h1H;1H,(H,11,12). The SMILES string of the molecule is O=C(Cl)C(C(F)(F)F)C(F)(F)F.O=C(O)C(C(F)(F)F)C(F)(F)F. The van der Waals surface area contributed by atoms with Crippen molar-refractivity contribution < 1.29 is 67.4 Å². The molecule has 1 N–H and O–H groups in total. The van der Waals surface area contributed by atoms with Gasteiger partial charge in [-0.05, 0) is 11.6 Å². The molecule has 0 unspecified atom stereocenters. The number of carbonyl (C=O) groups excluding carboxylic acids is 1. The van der Waals surface area contributed by atoms with E-state index in [4.69, 9.17) is 5.11 Å². The van der Waals surface area contributed by atoms with Crippen LogP contribution in [0.1, 0.15) is 0 Å². The summed E-state index contributed by atoms with van der Waals surface area (Å²) in [6.07, 6.45) is -23.0. The molecule has 0 aromatic heterocycles. The highest BCUT2D eigenvalue weighted by atomic mass is 35.5. The first kappa shape index (κ1) is 24.8. The van der Waals surface area contributed by atoms with E-state index in [9.17, 15) is 62.3 Å². The van der Waals surface area contributed by atoms with Crippen molar-refractivity contribution in [1.82, 2.24) is 0 Å². The Morgan fingerprint density at radius 1 is 0.625 bits per heavy atom. The van der Waals surface area contributed by atoms with Crippen molar-refractivity contribution >= 4 is 22.8 Å². The van der Waals surface area contributed by atoms with Crippen molar-refractivity contribution in [3.63, 3.8) is 0 Å². The molecule has 0 aliphatic heterocycles. The molecule has 0 aliphatic carbocycles. The maximum absolute atomic E-state index is 11.4. The summed E-state index contributed by atoms with van der Waals surface area (Å²) in [7, 11) is 0. The van der Waals surface area contributed by atoms with Gasteiger partial charge in [0.25, 0.3) is 0 Å². The van der Waals surface area contributed by atoms with Crippen LogP contribution in [0.25, 0.3) is 0 Å². The van der Waals surface area contributed by atoms with Gasteiger partial charge in [0.2, 0.25) is 17.1 Å².